The van der Waals surface area contributed by atoms with Crippen LogP contribution in [0.3, 0.4) is 0 Å². The minimum absolute atomic E-state index is 0.108. The molecule has 1 aliphatic rings. The molecule has 2 N–H and O–H groups in total. The minimum Gasteiger partial charge on any atom is -0.367 e. The van der Waals surface area contributed by atoms with Crippen LogP contribution in [0, 0.1) is 11.6 Å². The SMILES string of the molecule is CC(C)n1ncc2ncc(-c3nc(Nc4ccc(N5CCNCC5)c(F)c4)ncc3F)cc21. The Morgan fingerprint density at radius 1 is 1.00 bits per heavy atom. The quantitative estimate of drug-likeness (QED) is 0.477. The maximum Gasteiger partial charge on any atom is 0.227 e. The molecule has 0 aliphatic carbocycles. The van der Waals surface area contributed by atoms with Gasteiger partial charge in [0.05, 0.1) is 23.6 Å². The molecule has 5 rings (SSSR count). The van der Waals surface area contributed by atoms with Crippen molar-refractivity contribution in [1.29, 1.82) is 0 Å². The number of pyridine rings is 1. The molecule has 1 aliphatic heterocycles. The first-order valence-corrected chi connectivity index (χ1v) is 10.9. The van der Waals surface area contributed by atoms with Gasteiger partial charge in [0.25, 0.3) is 0 Å². The Kier molecular flexibility index (Phi) is 5.59. The number of halogens is 2. The summed E-state index contributed by atoms with van der Waals surface area (Å²) < 4.78 is 31.2. The third-order valence-corrected chi connectivity index (χ3v) is 5.62. The van der Waals surface area contributed by atoms with Gasteiger partial charge in [-0.1, -0.05) is 0 Å². The lowest BCUT2D eigenvalue weighted by Gasteiger charge is -2.29. The van der Waals surface area contributed by atoms with Crippen LogP contribution in [-0.4, -0.2) is 50.9 Å². The zero-order valence-corrected chi connectivity index (χ0v) is 18.4. The van der Waals surface area contributed by atoms with Gasteiger partial charge in [0.1, 0.15) is 17.0 Å². The smallest absolute Gasteiger partial charge is 0.227 e. The highest BCUT2D eigenvalue weighted by molar-refractivity contribution is 5.80. The molecular weight excluding hydrogens is 426 g/mol. The molecule has 1 saturated heterocycles. The van der Waals surface area contributed by atoms with E-state index >= 15 is 0 Å². The summed E-state index contributed by atoms with van der Waals surface area (Å²) in [6.45, 7) is 7.18. The third-order valence-electron chi connectivity index (χ3n) is 5.62. The van der Waals surface area contributed by atoms with Gasteiger partial charge in [0.2, 0.25) is 5.95 Å². The first-order valence-electron chi connectivity index (χ1n) is 10.9. The van der Waals surface area contributed by atoms with Crippen LogP contribution < -0.4 is 15.5 Å². The normalized spacial score (nSPS) is 14.3. The average molecular weight is 450 g/mol. The number of piperazine rings is 1. The molecule has 0 radical (unpaired) electrons. The zero-order chi connectivity index (χ0) is 22.9. The van der Waals surface area contributed by atoms with Crippen LogP contribution in [0.5, 0.6) is 0 Å². The van der Waals surface area contributed by atoms with Crippen LogP contribution in [0.1, 0.15) is 19.9 Å². The van der Waals surface area contributed by atoms with E-state index in [1.165, 1.54) is 6.07 Å². The third kappa shape index (κ3) is 4.21. The Morgan fingerprint density at radius 3 is 2.58 bits per heavy atom. The van der Waals surface area contributed by atoms with Gasteiger partial charge in [-0.2, -0.15) is 5.10 Å². The van der Waals surface area contributed by atoms with Crippen molar-refractivity contribution >= 4 is 28.4 Å². The number of nitrogens with one attached hydrogen (secondary N) is 2. The molecule has 0 atom stereocenters. The second-order valence-corrected chi connectivity index (χ2v) is 8.23. The van der Waals surface area contributed by atoms with Crippen molar-refractivity contribution in [3.05, 3.63) is 54.5 Å². The summed E-state index contributed by atoms with van der Waals surface area (Å²) in [7, 11) is 0. The molecule has 1 fully saturated rings. The fraction of sp³-hybridized carbons (Fsp3) is 0.304. The lowest BCUT2D eigenvalue weighted by molar-refractivity contribution is 0.551. The van der Waals surface area contributed by atoms with Crippen molar-refractivity contribution < 1.29 is 8.78 Å². The topological polar surface area (TPSA) is 83.8 Å². The number of hydrogen-bond acceptors (Lipinski definition) is 7. The van der Waals surface area contributed by atoms with E-state index < -0.39 is 5.82 Å². The second-order valence-electron chi connectivity index (χ2n) is 8.23. The maximum absolute atomic E-state index is 14.7. The molecule has 4 heterocycles. The van der Waals surface area contributed by atoms with Gasteiger partial charge in [0.15, 0.2) is 5.82 Å². The average Bonchev–Trinajstić information content (AvgIpc) is 3.25. The summed E-state index contributed by atoms with van der Waals surface area (Å²) in [6.07, 6.45) is 4.34. The highest BCUT2D eigenvalue weighted by Gasteiger charge is 2.16. The van der Waals surface area contributed by atoms with E-state index in [1.807, 2.05) is 29.5 Å². The van der Waals surface area contributed by atoms with E-state index in [2.05, 4.69) is 30.7 Å². The van der Waals surface area contributed by atoms with Gasteiger partial charge in [-0.05, 0) is 38.1 Å². The molecule has 0 spiro atoms. The Labute approximate surface area is 189 Å². The second kappa shape index (κ2) is 8.70. The summed E-state index contributed by atoms with van der Waals surface area (Å²) in [5, 5.41) is 10.6. The Balaban J connectivity index is 1.43. The maximum atomic E-state index is 14.7. The van der Waals surface area contributed by atoms with E-state index in [0.717, 1.165) is 43.4 Å². The monoisotopic (exact) mass is 450 g/mol. The predicted octanol–water partition coefficient (Wildman–Crippen LogP) is 3.90. The number of benzene rings is 1. The Morgan fingerprint density at radius 2 is 1.82 bits per heavy atom. The molecule has 0 saturated carbocycles. The largest absolute Gasteiger partial charge is 0.367 e. The molecule has 0 unspecified atom stereocenters. The molecule has 0 amide bonds. The van der Waals surface area contributed by atoms with Gasteiger partial charge in [-0.15, -0.1) is 0 Å². The van der Waals surface area contributed by atoms with Gasteiger partial charge in [-0.25, -0.2) is 18.7 Å². The number of aromatic nitrogens is 5. The molecule has 4 aromatic rings. The van der Waals surface area contributed by atoms with Crippen molar-refractivity contribution in [3.63, 3.8) is 0 Å². The van der Waals surface area contributed by atoms with Crippen molar-refractivity contribution in [2.24, 2.45) is 0 Å². The summed E-state index contributed by atoms with van der Waals surface area (Å²) in [6, 6.07) is 6.84. The highest BCUT2D eigenvalue weighted by atomic mass is 19.1. The van der Waals surface area contributed by atoms with Crippen molar-refractivity contribution in [1.82, 2.24) is 30.0 Å². The number of nitrogens with zero attached hydrogens (tertiary/aromatic N) is 6. The van der Waals surface area contributed by atoms with E-state index in [9.17, 15) is 8.78 Å². The lowest BCUT2D eigenvalue weighted by atomic mass is 10.2. The number of hydrogen-bond donors (Lipinski definition) is 2. The minimum atomic E-state index is -0.572. The molecule has 8 nitrogen and oxygen atoms in total. The summed E-state index contributed by atoms with van der Waals surface area (Å²) in [5.41, 5.74) is 3.17. The van der Waals surface area contributed by atoms with E-state index in [0.29, 0.717) is 16.9 Å². The van der Waals surface area contributed by atoms with Crippen LogP contribution in [0.4, 0.5) is 26.1 Å². The van der Waals surface area contributed by atoms with Crippen molar-refractivity contribution in [2.75, 3.05) is 36.4 Å². The fourth-order valence-electron chi connectivity index (χ4n) is 3.97. The highest BCUT2D eigenvalue weighted by Crippen LogP contribution is 2.28. The van der Waals surface area contributed by atoms with Crippen molar-refractivity contribution in [2.45, 2.75) is 19.9 Å². The Hall–Kier alpha value is -3.66. The molecule has 1 aromatic carbocycles. The van der Waals surface area contributed by atoms with Crippen molar-refractivity contribution in [3.8, 4) is 11.3 Å². The Bertz CT molecular complexity index is 1300. The first kappa shape index (κ1) is 21.2. The number of anilines is 3. The number of rotatable bonds is 5. The van der Waals surface area contributed by atoms with Crippen LogP contribution in [0.15, 0.2) is 42.9 Å². The molecule has 10 heteroatoms. The molecule has 33 heavy (non-hydrogen) atoms. The van der Waals surface area contributed by atoms with Gasteiger partial charge < -0.3 is 15.5 Å². The molecule has 170 valence electrons. The van der Waals surface area contributed by atoms with E-state index in [1.54, 1.807) is 24.5 Å². The summed E-state index contributed by atoms with van der Waals surface area (Å²) >= 11 is 0. The summed E-state index contributed by atoms with van der Waals surface area (Å²) in [4.78, 5) is 14.8. The molecule has 0 bridgehead atoms. The standard InChI is InChI=1S/C23H24F2N8/c1-14(2)33-21-9-15(11-27-19(21)13-29-33)22-18(25)12-28-23(31-22)30-16-3-4-20(17(24)10-16)32-7-5-26-6-8-32/h3-4,9-14,26H,5-8H2,1-2H3,(H,28,30,31). The number of fused-ring (bicyclic) bond motifs is 1. The van der Waals surface area contributed by atoms with Gasteiger partial charge >= 0.3 is 0 Å². The van der Waals surface area contributed by atoms with Crippen LogP contribution in [-0.2, 0) is 0 Å². The van der Waals surface area contributed by atoms with Crippen LogP contribution in [0.2, 0.25) is 0 Å². The molecule has 3 aromatic heterocycles. The van der Waals surface area contributed by atoms with Crippen LogP contribution in [0.25, 0.3) is 22.3 Å². The molecular formula is C23H24F2N8. The fourth-order valence-corrected chi connectivity index (χ4v) is 3.97. The summed E-state index contributed by atoms with van der Waals surface area (Å²) in [5.74, 6) is -0.739. The van der Waals surface area contributed by atoms with Gasteiger partial charge in [0, 0.05) is 49.7 Å². The van der Waals surface area contributed by atoms with E-state index in [4.69, 9.17) is 0 Å². The zero-order valence-electron chi connectivity index (χ0n) is 18.4. The van der Waals surface area contributed by atoms with Gasteiger partial charge in [-0.3, -0.25) is 9.67 Å². The first-order chi connectivity index (χ1) is 16.0. The predicted molar refractivity (Wildman–Crippen MR) is 124 cm³/mol. The van der Waals surface area contributed by atoms with E-state index in [-0.39, 0.29) is 23.5 Å². The lowest BCUT2D eigenvalue weighted by Crippen LogP contribution is -2.43. The van der Waals surface area contributed by atoms with Crippen LogP contribution >= 0.6 is 0 Å².